The van der Waals surface area contributed by atoms with Gasteiger partial charge in [-0.3, -0.25) is 9.59 Å². The molecule has 4 rings (SSSR count). The average molecular weight is 333 g/mol. The molecule has 1 saturated heterocycles. The van der Waals surface area contributed by atoms with Gasteiger partial charge in [-0.25, -0.2) is 0 Å². The molecule has 2 aromatic rings. The highest BCUT2D eigenvalue weighted by Crippen LogP contribution is 2.25. The summed E-state index contributed by atoms with van der Waals surface area (Å²) < 4.78 is 0. The lowest BCUT2D eigenvalue weighted by Gasteiger charge is -2.32. The molecular formula is C22H23NO2. The molecule has 3 nitrogen and oxygen atoms in total. The number of fused-ring (bicyclic) bond motifs is 1. The van der Waals surface area contributed by atoms with Crippen molar-refractivity contribution in [2.24, 2.45) is 5.92 Å². The highest BCUT2D eigenvalue weighted by atomic mass is 16.2. The summed E-state index contributed by atoms with van der Waals surface area (Å²) >= 11 is 0. The molecular weight excluding hydrogens is 310 g/mol. The zero-order valence-corrected chi connectivity index (χ0v) is 14.4. The monoisotopic (exact) mass is 333 g/mol. The fraction of sp³-hybridized carbons (Fsp3) is 0.364. The summed E-state index contributed by atoms with van der Waals surface area (Å²) in [5.74, 6) is 1.02. The number of rotatable bonds is 3. The largest absolute Gasteiger partial charge is 0.339 e. The van der Waals surface area contributed by atoms with Crippen molar-refractivity contribution < 1.29 is 9.59 Å². The molecule has 0 unspecified atom stereocenters. The minimum absolute atomic E-state index is 0.111. The van der Waals surface area contributed by atoms with Gasteiger partial charge in [0.15, 0.2) is 0 Å². The van der Waals surface area contributed by atoms with Crippen LogP contribution in [0.15, 0.2) is 48.5 Å². The Morgan fingerprint density at radius 3 is 2.44 bits per heavy atom. The molecule has 2 aromatic carbocycles. The quantitative estimate of drug-likeness (QED) is 0.863. The number of piperidine rings is 1. The lowest BCUT2D eigenvalue weighted by molar-refractivity contribution is -0.117. The number of likely N-dealkylation sites (tertiary alicyclic amines) is 1. The number of hydrogen-bond acceptors (Lipinski definition) is 2. The Morgan fingerprint density at radius 1 is 0.960 bits per heavy atom. The van der Waals surface area contributed by atoms with Crippen LogP contribution in [0.3, 0.4) is 0 Å². The van der Waals surface area contributed by atoms with Crippen molar-refractivity contribution in [3.05, 3.63) is 70.8 Å². The summed E-state index contributed by atoms with van der Waals surface area (Å²) in [6, 6.07) is 16.4. The molecule has 25 heavy (non-hydrogen) atoms. The van der Waals surface area contributed by atoms with Crippen LogP contribution in [0.1, 0.15) is 39.9 Å². The summed E-state index contributed by atoms with van der Waals surface area (Å²) in [6.45, 7) is 1.65. The van der Waals surface area contributed by atoms with E-state index in [1.807, 2.05) is 23.1 Å². The maximum atomic E-state index is 12.8. The van der Waals surface area contributed by atoms with Gasteiger partial charge in [0, 0.05) is 31.5 Å². The molecule has 128 valence electrons. The van der Waals surface area contributed by atoms with Crippen LogP contribution in [0.25, 0.3) is 0 Å². The fourth-order valence-electron chi connectivity index (χ4n) is 4.05. The summed E-state index contributed by atoms with van der Waals surface area (Å²) in [5.41, 5.74) is 4.24. The number of ketones is 1. The van der Waals surface area contributed by atoms with E-state index in [1.165, 1.54) is 5.56 Å². The van der Waals surface area contributed by atoms with Crippen molar-refractivity contribution in [3.8, 4) is 0 Å². The van der Waals surface area contributed by atoms with E-state index in [2.05, 4.69) is 30.3 Å². The average Bonchev–Trinajstić information content (AvgIpc) is 3.02. The number of benzene rings is 2. The molecule has 0 bridgehead atoms. The van der Waals surface area contributed by atoms with E-state index < -0.39 is 0 Å². The molecule has 0 aromatic heterocycles. The van der Waals surface area contributed by atoms with Crippen LogP contribution in [-0.2, 0) is 24.1 Å². The van der Waals surface area contributed by atoms with E-state index in [0.29, 0.717) is 18.8 Å². The molecule has 1 aliphatic carbocycles. The Labute approximate surface area is 148 Å². The van der Waals surface area contributed by atoms with Crippen molar-refractivity contribution in [1.82, 2.24) is 4.90 Å². The van der Waals surface area contributed by atoms with Crippen LogP contribution < -0.4 is 0 Å². The minimum atomic E-state index is 0.111. The molecule has 3 heteroatoms. The van der Waals surface area contributed by atoms with Gasteiger partial charge in [0.1, 0.15) is 5.78 Å². The van der Waals surface area contributed by atoms with E-state index in [1.54, 1.807) is 0 Å². The SMILES string of the molecule is O=C1Cc2ccc(C(=O)N3CCC(Cc4ccccc4)CC3)cc2C1. The third kappa shape index (κ3) is 3.51. The van der Waals surface area contributed by atoms with E-state index in [9.17, 15) is 9.59 Å². The van der Waals surface area contributed by atoms with Gasteiger partial charge < -0.3 is 4.90 Å². The molecule has 1 aliphatic heterocycles. The van der Waals surface area contributed by atoms with Crippen molar-refractivity contribution in [2.75, 3.05) is 13.1 Å². The van der Waals surface area contributed by atoms with Gasteiger partial charge in [-0.2, -0.15) is 0 Å². The van der Waals surface area contributed by atoms with Gasteiger partial charge in [0.05, 0.1) is 0 Å². The first-order valence-corrected chi connectivity index (χ1v) is 9.16. The highest BCUT2D eigenvalue weighted by Gasteiger charge is 2.25. The Kier molecular flexibility index (Phi) is 4.39. The van der Waals surface area contributed by atoms with Crippen molar-refractivity contribution in [1.29, 1.82) is 0 Å². The standard InChI is InChI=1S/C22H23NO2/c24-21-14-18-6-7-19(13-20(18)15-21)22(25)23-10-8-17(9-11-23)12-16-4-2-1-3-5-16/h1-7,13,17H,8-12,14-15H2. The third-order valence-electron chi connectivity index (χ3n) is 5.50. The summed E-state index contributed by atoms with van der Waals surface area (Å²) in [5, 5.41) is 0. The smallest absolute Gasteiger partial charge is 0.253 e. The molecule has 0 N–H and O–H groups in total. The van der Waals surface area contributed by atoms with Gasteiger partial charge in [0.2, 0.25) is 0 Å². The minimum Gasteiger partial charge on any atom is -0.339 e. The maximum absolute atomic E-state index is 12.8. The predicted octanol–water partition coefficient (Wildman–Crippen LogP) is 3.45. The Hall–Kier alpha value is -2.42. The van der Waals surface area contributed by atoms with Crippen LogP contribution in [0.5, 0.6) is 0 Å². The lowest BCUT2D eigenvalue weighted by Crippen LogP contribution is -2.38. The van der Waals surface area contributed by atoms with Crippen LogP contribution in [0, 0.1) is 5.92 Å². The molecule has 0 radical (unpaired) electrons. The number of hydrogen-bond donors (Lipinski definition) is 0. The molecule has 1 amide bonds. The maximum Gasteiger partial charge on any atom is 0.253 e. The molecule has 0 saturated carbocycles. The summed E-state index contributed by atoms with van der Waals surface area (Å²) in [6.07, 6.45) is 4.22. The van der Waals surface area contributed by atoms with Gasteiger partial charge in [-0.1, -0.05) is 36.4 Å². The number of nitrogens with zero attached hydrogens (tertiary/aromatic N) is 1. The Morgan fingerprint density at radius 2 is 1.68 bits per heavy atom. The Balaban J connectivity index is 1.37. The van der Waals surface area contributed by atoms with Crippen LogP contribution in [-0.4, -0.2) is 29.7 Å². The van der Waals surface area contributed by atoms with Crippen LogP contribution in [0.2, 0.25) is 0 Å². The van der Waals surface area contributed by atoms with Crippen molar-refractivity contribution in [2.45, 2.75) is 32.1 Å². The van der Waals surface area contributed by atoms with Gasteiger partial charge in [-0.15, -0.1) is 0 Å². The van der Waals surface area contributed by atoms with E-state index in [0.717, 1.165) is 49.0 Å². The van der Waals surface area contributed by atoms with E-state index in [4.69, 9.17) is 0 Å². The van der Waals surface area contributed by atoms with Crippen molar-refractivity contribution in [3.63, 3.8) is 0 Å². The number of carbonyl (C=O) groups is 2. The zero-order valence-electron chi connectivity index (χ0n) is 14.4. The molecule has 1 fully saturated rings. The fourth-order valence-corrected chi connectivity index (χ4v) is 4.05. The Bertz CT molecular complexity index is 789. The molecule has 0 spiro atoms. The normalized spacial score (nSPS) is 17.6. The molecule has 2 aliphatic rings. The highest BCUT2D eigenvalue weighted by molar-refractivity contribution is 5.96. The van der Waals surface area contributed by atoms with Crippen LogP contribution >= 0.6 is 0 Å². The number of carbonyl (C=O) groups excluding carboxylic acids is 2. The summed E-state index contributed by atoms with van der Waals surface area (Å²) in [4.78, 5) is 26.3. The van der Waals surface area contributed by atoms with E-state index in [-0.39, 0.29) is 11.7 Å². The molecule has 1 heterocycles. The third-order valence-corrected chi connectivity index (χ3v) is 5.50. The predicted molar refractivity (Wildman–Crippen MR) is 97.6 cm³/mol. The van der Waals surface area contributed by atoms with Gasteiger partial charge >= 0.3 is 0 Å². The first-order valence-electron chi connectivity index (χ1n) is 9.16. The number of Topliss-reactive ketones (excluding diaryl/α,β-unsaturated/α-hetero) is 1. The van der Waals surface area contributed by atoms with Crippen LogP contribution in [0.4, 0.5) is 0 Å². The number of amides is 1. The zero-order chi connectivity index (χ0) is 17.2. The summed E-state index contributed by atoms with van der Waals surface area (Å²) in [7, 11) is 0. The van der Waals surface area contributed by atoms with E-state index >= 15 is 0 Å². The van der Waals surface area contributed by atoms with Gasteiger partial charge in [0.25, 0.3) is 5.91 Å². The van der Waals surface area contributed by atoms with Crippen molar-refractivity contribution >= 4 is 11.7 Å². The lowest BCUT2D eigenvalue weighted by atomic mass is 9.90. The first-order chi connectivity index (χ1) is 12.2. The second kappa shape index (κ2) is 6.83. The second-order valence-corrected chi connectivity index (χ2v) is 7.30. The topological polar surface area (TPSA) is 37.4 Å². The molecule has 0 atom stereocenters. The van der Waals surface area contributed by atoms with Gasteiger partial charge in [-0.05, 0) is 54.0 Å². The second-order valence-electron chi connectivity index (χ2n) is 7.30. The first kappa shape index (κ1) is 16.1.